The van der Waals surface area contributed by atoms with E-state index in [1.807, 2.05) is 0 Å². The van der Waals surface area contributed by atoms with Crippen LogP contribution in [0.1, 0.15) is 48.9 Å². The lowest BCUT2D eigenvalue weighted by Crippen LogP contribution is -2.31. The van der Waals surface area contributed by atoms with Crippen molar-refractivity contribution in [2.24, 2.45) is 5.73 Å². The molecule has 3 rings (SSSR count). The van der Waals surface area contributed by atoms with Gasteiger partial charge in [-0.25, -0.2) is 0 Å². The van der Waals surface area contributed by atoms with Crippen molar-refractivity contribution in [2.75, 3.05) is 0 Å². The summed E-state index contributed by atoms with van der Waals surface area (Å²) in [5, 5.41) is 4.11. The van der Waals surface area contributed by atoms with Crippen molar-refractivity contribution in [3.05, 3.63) is 41.5 Å². The predicted octanol–water partition coefficient (Wildman–Crippen LogP) is 3.66. The van der Waals surface area contributed by atoms with E-state index in [-0.39, 0.29) is 12.0 Å². The number of hydrogen-bond acceptors (Lipinski definition) is 5. The minimum atomic E-state index is 0.163. The number of benzene rings is 1. The maximum absolute atomic E-state index is 6.17. The third-order valence-corrected chi connectivity index (χ3v) is 5.24. The molecule has 0 amide bonds. The molecular formula is C16H21N3OS. The standard InChI is InChI=1S/C16H21N3OS/c1-11-6-2-5-9-14(11)21-10-15-18-16(20-19-15)12-7-3-4-8-13(12)17/h2,5-6,9,12-13H,3-4,7-8,10,17H2,1H3. The summed E-state index contributed by atoms with van der Waals surface area (Å²) in [6.07, 6.45) is 4.53. The Hall–Kier alpha value is -1.33. The molecule has 0 bridgehead atoms. The van der Waals surface area contributed by atoms with Crippen LogP contribution in [0.2, 0.25) is 0 Å². The van der Waals surface area contributed by atoms with Crippen molar-refractivity contribution in [1.82, 2.24) is 10.1 Å². The van der Waals surface area contributed by atoms with Gasteiger partial charge in [-0.15, -0.1) is 11.8 Å². The molecule has 1 aromatic heterocycles. The van der Waals surface area contributed by atoms with Gasteiger partial charge in [0.15, 0.2) is 5.82 Å². The monoisotopic (exact) mass is 303 g/mol. The quantitative estimate of drug-likeness (QED) is 0.873. The molecule has 4 nitrogen and oxygen atoms in total. The molecule has 0 aliphatic heterocycles. The Balaban J connectivity index is 1.64. The van der Waals surface area contributed by atoms with E-state index in [2.05, 4.69) is 41.3 Å². The molecule has 1 aromatic carbocycles. The molecule has 0 radical (unpaired) electrons. The summed E-state index contributed by atoms with van der Waals surface area (Å²) in [4.78, 5) is 5.81. The van der Waals surface area contributed by atoms with Crippen LogP contribution in [0.25, 0.3) is 0 Å². The van der Waals surface area contributed by atoms with Crippen molar-refractivity contribution < 1.29 is 4.52 Å². The second kappa shape index (κ2) is 6.62. The molecule has 5 heteroatoms. The number of nitrogens with zero attached hydrogens (tertiary/aromatic N) is 2. The zero-order valence-electron chi connectivity index (χ0n) is 12.3. The van der Waals surface area contributed by atoms with Crippen molar-refractivity contribution in [2.45, 2.75) is 55.2 Å². The molecule has 112 valence electrons. The number of aromatic nitrogens is 2. The lowest BCUT2D eigenvalue weighted by Gasteiger charge is -2.25. The van der Waals surface area contributed by atoms with Gasteiger partial charge in [-0.2, -0.15) is 4.98 Å². The van der Waals surface area contributed by atoms with E-state index in [4.69, 9.17) is 10.3 Å². The van der Waals surface area contributed by atoms with Crippen LogP contribution < -0.4 is 5.73 Å². The van der Waals surface area contributed by atoms with Crippen molar-refractivity contribution in [3.63, 3.8) is 0 Å². The summed E-state index contributed by atoms with van der Waals surface area (Å²) in [5.41, 5.74) is 7.45. The highest BCUT2D eigenvalue weighted by molar-refractivity contribution is 7.98. The van der Waals surface area contributed by atoms with Gasteiger partial charge in [-0.05, 0) is 31.4 Å². The summed E-state index contributed by atoms with van der Waals surface area (Å²) >= 11 is 1.74. The second-order valence-corrected chi connectivity index (χ2v) is 6.67. The number of rotatable bonds is 4. The second-order valence-electron chi connectivity index (χ2n) is 5.66. The maximum Gasteiger partial charge on any atom is 0.231 e. The Labute approximate surface area is 129 Å². The number of hydrogen-bond donors (Lipinski definition) is 1. The van der Waals surface area contributed by atoms with Gasteiger partial charge in [-0.3, -0.25) is 0 Å². The summed E-state index contributed by atoms with van der Waals surface area (Å²) < 4.78 is 5.44. The largest absolute Gasteiger partial charge is 0.339 e. The van der Waals surface area contributed by atoms with Gasteiger partial charge in [0, 0.05) is 10.9 Å². The first-order valence-corrected chi connectivity index (χ1v) is 8.49. The van der Waals surface area contributed by atoms with E-state index in [0.717, 1.165) is 30.3 Å². The van der Waals surface area contributed by atoms with Crippen molar-refractivity contribution in [3.8, 4) is 0 Å². The highest BCUT2D eigenvalue weighted by atomic mass is 32.2. The van der Waals surface area contributed by atoms with E-state index in [0.29, 0.717) is 0 Å². The fraction of sp³-hybridized carbons (Fsp3) is 0.500. The molecule has 1 saturated carbocycles. The van der Waals surface area contributed by atoms with Crippen LogP contribution >= 0.6 is 11.8 Å². The fourth-order valence-corrected chi connectivity index (χ4v) is 3.68. The molecule has 2 N–H and O–H groups in total. The highest BCUT2D eigenvalue weighted by Gasteiger charge is 2.28. The van der Waals surface area contributed by atoms with Crippen LogP contribution in [-0.2, 0) is 5.75 Å². The molecule has 1 fully saturated rings. The topological polar surface area (TPSA) is 64.9 Å². The molecule has 1 aliphatic rings. The first-order chi connectivity index (χ1) is 10.2. The van der Waals surface area contributed by atoms with E-state index in [1.54, 1.807) is 11.8 Å². The lowest BCUT2D eigenvalue weighted by atomic mass is 9.85. The third kappa shape index (κ3) is 3.47. The van der Waals surface area contributed by atoms with Crippen LogP contribution in [0, 0.1) is 6.92 Å². The molecule has 21 heavy (non-hydrogen) atoms. The van der Waals surface area contributed by atoms with E-state index < -0.39 is 0 Å². The summed E-state index contributed by atoms with van der Waals surface area (Å²) in [7, 11) is 0. The maximum atomic E-state index is 6.17. The average Bonchev–Trinajstić information content (AvgIpc) is 2.96. The summed E-state index contributed by atoms with van der Waals surface area (Å²) in [6.45, 7) is 2.12. The first kappa shape index (κ1) is 14.6. The Morgan fingerprint density at radius 1 is 1.29 bits per heavy atom. The van der Waals surface area contributed by atoms with E-state index in [9.17, 15) is 0 Å². The van der Waals surface area contributed by atoms with Gasteiger partial charge in [0.2, 0.25) is 5.89 Å². The van der Waals surface area contributed by atoms with Gasteiger partial charge in [0.25, 0.3) is 0 Å². The smallest absolute Gasteiger partial charge is 0.231 e. The zero-order valence-corrected chi connectivity index (χ0v) is 13.1. The van der Waals surface area contributed by atoms with Gasteiger partial charge in [0.1, 0.15) is 0 Å². The van der Waals surface area contributed by atoms with Crippen molar-refractivity contribution >= 4 is 11.8 Å². The zero-order chi connectivity index (χ0) is 14.7. The Morgan fingerprint density at radius 2 is 2.10 bits per heavy atom. The van der Waals surface area contributed by atoms with Gasteiger partial charge in [0.05, 0.1) is 11.7 Å². The highest BCUT2D eigenvalue weighted by Crippen LogP contribution is 2.31. The fourth-order valence-electron chi connectivity index (χ4n) is 2.80. The molecule has 0 spiro atoms. The van der Waals surface area contributed by atoms with E-state index in [1.165, 1.54) is 23.3 Å². The molecule has 0 saturated heterocycles. The van der Waals surface area contributed by atoms with Crippen LogP contribution in [0.4, 0.5) is 0 Å². The molecule has 1 heterocycles. The minimum absolute atomic E-state index is 0.163. The number of thioether (sulfide) groups is 1. The van der Waals surface area contributed by atoms with Crippen LogP contribution in [-0.4, -0.2) is 16.2 Å². The average molecular weight is 303 g/mol. The summed E-state index contributed by atoms with van der Waals surface area (Å²) in [6, 6.07) is 8.51. The van der Waals surface area contributed by atoms with Crippen molar-refractivity contribution in [1.29, 1.82) is 0 Å². The first-order valence-electron chi connectivity index (χ1n) is 7.50. The molecule has 2 unspecified atom stereocenters. The Bertz CT molecular complexity index is 599. The van der Waals surface area contributed by atoms with Gasteiger partial charge < -0.3 is 10.3 Å². The predicted molar refractivity (Wildman–Crippen MR) is 84.2 cm³/mol. The molecule has 2 aromatic rings. The van der Waals surface area contributed by atoms with Crippen LogP contribution in [0.5, 0.6) is 0 Å². The van der Waals surface area contributed by atoms with Crippen LogP contribution in [0.3, 0.4) is 0 Å². The minimum Gasteiger partial charge on any atom is -0.339 e. The SMILES string of the molecule is Cc1ccccc1SCc1noc(C2CCCCC2N)n1. The van der Waals surface area contributed by atoms with Gasteiger partial charge >= 0.3 is 0 Å². The Kier molecular flexibility index (Phi) is 4.60. The Morgan fingerprint density at radius 3 is 2.90 bits per heavy atom. The molecule has 2 atom stereocenters. The number of nitrogens with two attached hydrogens (primary N) is 1. The molecule has 1 aliphatic carbocycles. The number of aryl methyl sites for hydroxylation is 1. The molecular weight excluding hydrogens is 282 g/mol. The third-order valence-electron chi connectivity index (χ3n) is 4.07. The normalized spacial score (nSPS) is 22.4. The lowest BCUT2D eigenvalue weighted by molar-refractivity contribution is 0.289. The summed E-state index contributed by atoms with van der Waals surface area (Å²) in [5.74, 6) is 2.46. The van der Waals surface area contributed by atoms with E-state index >= 15 is 0 Å². The van der Waals surface area contributed by atoms with Gasteiger partial charge in [-0.1, -0.05) is 36.2 Å². The van der Waals surface area contributed by atoms with Crippen LogP contribution in [0.15, 0.2) is 33.7 Å².